The molecule has 0 radical (unpaired) electrons. The third-order valence-corrected chi connectivity index (χ3v) is 10.0. The minimum Gasteiger partial charge on any atom is -0.383 e. The molecule has 0 bridgehead atoms. The molecule has 3 heterocycles. The fourth-order valence-electron chi connectivity index (χ4n) is 5.81. The van der Waals surface area contributed by atoms with Crippen LogP contribution in [0.25, 0.3) is 42.7 Å². The number of fused-ring (bicyclic) bond motifs is 2. The smallest absolute Gasteiger partial charge is 0.0737 e. The van der Waals surface area contributed by atoms with Gasteiger partial charge in [0.25, 0.3) is 0 Å². The van der Waals surface area contributed by atoms with E-state index in [1.165, 1.54) is 32.0 Å². The molecule has 0 aliphatic heterocycles. The molecule has 3 aromatic heterocycles. The number of aromatic nitrogens is 2. The molecule has 0 unspecified atom stereocenters. The normalized spacial score (nSPS) is 11.3. The van der Waals surface area contributed by atoms with Crippen LogP contribution >= 0.6 is 34.5 Å². The molecule has 4 N–H and O–H groups in total. The van der Waals surface area contributed by atoms with Gasteiger partial charge in [-0.3, -0.25) is 9.97 Å². The first-order chi connectivity index (χ1) is 24.1. The molecule has 0 fully saturated rings. The molecule has 0 atom stereocenters. The van der Waals surface area contributed by atoms with Crippen molar-refractivity contribution < 1.29 is 0 Å². The van der Waals surface area contributed by atoms with Crippen LogP contribution < -0.4 is 21.3 Å². The van der Waals surface area contributed by atoms with Crippen LogP contribution in [0.5, 0.6) is 0 Å². The molecule has 0 saturated heterocycles. The SMILES string of the molecule is Clc1ccc2c(NCCNCc3ccc(-c4ccc(-c5ccc(CNCCNc6ccnc7cc(Cl)ccc67)cc5)s4)cc3)ccnc2c1. The summed E-state index contributed by atoms with van der Waals surface area (Å²) in [7, 11) is 0. The van der Waals surface area contributed by atoms with Crippen molar-refractivity contribution >= 4 is 67.7 Å². The second-order valence-electron chi connectivity index (χ2n) is 11.8. The highest BCUT2D eigenvalue weighted by atomic mass is 35.5. The molecule has 49 heavy (non-hydrogen) atoms. The number of nitrogens with one attached hydrogen (secondary N) is 4. The third-order valence-electron chi connectivity index (χ3n) is 8.39. The van der Waals surface area contributed by atoms with Crippen molar-refractivity contribution in [2.24, 2.45) is 0 Å². The first-order valence-electron chi connectivity index (χ1n) is 16.4. The number of hydrogen-bond acceptors (Lipinski definition) is 7. The summed E-state index contributed by atoms with van der Waals surface area (Å²) in [5.74, 6) is 0. The van der Waals surface area contributed by atoms with Crippen molar-refractivity contribution in [3.63, 3.8) is 0 Å². The third kappa shape index (κ3) is 8.39. The zero-order chi connectivity index (χ0) is 33.4. The molecule has 7 rings (SSSR count). The van der Waals surface area contributed by atoms with Crippen molar-refractivity contribution in [1.82, 2.24) is 20.6 Å². The number of benzene rings is 4. The van der Waals surface area contributed by atoms with Gasteiger partial charge in [0.2, 0.25) is 0 Å². The molecule has 9 heteroatoms. The van der Waals surface area contributed by atoms with Gasteiger partial charge in [-0.25, -0.2) is 0 Å². The average molecular weight is 704 g/mol. The van der Waals surface area contributed by atoms with Crippen LogP contribution in [0.4, 0.5) is 11.4 Å². The summed E-state index contributed by atoms with van der Waals surface area (Å²) in [6, 6.07) is 37.8. The monoisotopic (exact) mass is 702 g/mol. The topological polar surface area (TPSA) is 73.9 Å². The maximum absolute atomic E-state index is 6.12. The van der Waals surface area contributed by atoms with E-state index in [1.807, 2.05) is 72.3 Å². The summed E-state index contributed by atoms with van der Waals surface area (Å²) in [6.07, 6.45) is 3.62. The zero-order valence-corrected chi connectivity index (χ0v) is 29.2. The Hall–Kier alpha value is -4.50. The Morgan fingerprint density at radius 2 is 0.939 bits per heavy atom. The molecule has 0 aliphatic carbocycles. The Balaban J connectivity index is 0.842. The zero-order valence-electron chi connectivity index (χ0n) is 26.8. The molecule has 0 amide bonds. The molecular weight excluding hydrogens is 667 g/mol. The van der Waals surface area contributed by atoms with Gasteiger partial charge in [-0.1, -0.05) is 71.7 Å². The van der Waals surface area contributed by atoms with E-state index < -0.39 is 0 Å². The predicted octanol–water partition coefficient (Wildman–Crippen LogP) is 9.89. The average Bonchev–Trinajstić information content (AvgIpc) is 3.62. The van der Waals surface area contributed by atoms with E-state index in [0.29, 0.717) is 10.0 Å². The summed E-state index contributed by atoms with van der Waals surface area (Å²) < 4.78 is 0. The number of pyridine rings is 2. The van der Waals surface area contributed by atoms with Crippen molar-refractivity contribution in [2.45, 2.75) is 13.1 Å². The molecule has 4 aromatic carbocycles. The molecule has 0 saturated carbocycles. The van der Waals surface area contributed by atoms with Gasteiger partial charge < -0.3 is 21.3 Å². The van der Waals surface area contributed by atoms with Gasteiger partial charge in [-0.15, -0.1) is 11.3 Å². The fourth-order valence-corrected chi connectivity index (χ4v) is 7.16. The highest BCUT2D eigenvalue weighted by Gasteiger charge is 2.07. The number of thiophene rings is 1. The number of halogens is 2. The molecule has 0 spiro atoms. The largest absolute Gasteiger partial charge is 0.383 e. The predicted molar refractivity (Wildman–Crippen MR) is 209 cm³/mol. The molecule has 246 valence electrons. The van der Waals surface area contributed by atoms with E-state index in [-0.39, 0.29) is 0 Å². The van der Waals surface area contributed by atoms with Gasteiger partial charge >= 0.3 is 0 Å². The number of hydrogen-bond donors (Lipinski definition) is 4. The van der Waals surface area contributed by atoms with Gasteiger partial charge in [0.05, 0.1) is 11.0 Å². The first kappa shape index (κ1) is 33.0. The second kappa shape index (κ2) is 15.8. The second-order valence-corrected chi connectivity index (χ2v) is 13.8. The number of anilines is 2. The van der Waals surface area contributed by atoms with E-state index >= 15 is 0 Å². The van der Waals surface area contributed by atoms with E-state index in [1.54, 1.807) is 0 Å². The quantitative estimate of drug-likeness (QED) is 0.0846. The lowest BCUT2D eigenvalue weighted by molar-refractivity contribution is 0.707. The van der Waals surface area contributed by atoms with Gasteiger partial charge in [0.15, 0.2) is 0 Å². The molecular formula is C40H36Cl2N6S. The van der Waals surface area contributed by atoms with E-state index in [0.717, 1.165) is 72.4 Å². The molecule has 6 nitrogen and oxygen atoms in total. The minimum atomic E-state index is 0.697. The van der Waals surface area contributed by atoms with E-state index in [2.05, 4.69) is 91.9 Å². The molecule has 0 aliphatic rings. The van der Waals surface area contributed by atoms with Gasteiger partial charge in [-0.2, -0.15) is 0 Å². The Bertz CT molecular complexity index is 2010. The first-order valence-corrected chi connectivity index (χ1v) is 17.9. The summed E-state index contributed by atoms with van der Waals surface area (Å²) >= 11 is 14.1. The van der Waals surface area contributed by atoms with Crippen molar-refractivity contribution in [3.8, 4) is 20.9 Å². The summed E-state index contributed by atoms with van der Waals surface area (Å²) in [6.45, 7) is 4.96. The van der Waals surface area contributed by atoms with Crippen molar-refractivity contribution in [1.29, 1.82) is 0 Å². The highest BCUT2D eigenvalue weighted by molar-refractivity contribution is 7.18. The number of nitrogens with zero attached hydrogens (tertiary/aromatic N) is 2. The summed E-state index contributed by atoms with van der Waals surface area (Å²) in [5.41, 5.74) is 8.94. The van der Waals surface area contributed by atoms with E-state index in [4.69, 9.17) is 23.2 Å². The Kier molecular flexibility index (Phi) is 10.7. The van der Waals surface area contributed by atoms with Crippen LogP contribution in [0.1, 0.15) is 11.1 Å². The maximum Gasteiger partial charge on any atom is 0.0737 e. The van der Waals surface area contributed by atoms with Gasteiger partial charge in [0, 0.05) is 93.6 Å². The lowest BCUT2D eigenvalue weighted by Gasteiger charge is -2.11. The number of rotatable bonds is 14. The van der Waals surface area contributed by atoms with Crippen LogP contribution in [0, 0.1) is 0 Å². The van der Waals surface area contributed by atoms with Crippen LogP contribution in [0.15, 0.2) is 122 Å². The minimum absolute atomic E-state index is 0.697. The molecule has 7 aromatic rings. The van der Waals surface area contributed by atoms with E-state index in [9.17, 15) is 0 Å². The van der Waals surface area contributed by atoms with Crippen molar-refractivity contribution in [2.75, 3.05) is 36.8 Å². The van der Waals surface area contributed by atoms with Crippen LogP contribution in [0.3, 0.4) is 0 Å². The maximum atomic E-state index is 6.12. The lowest BCUT2D eigenvalue weighted by atomic mass is 10.1. The van der Waals surface area contributed by atoms with Crippen molar-refractivity contribution in [3.05, 3.63) is 143 Å². The summed E-state index contributed by atoms with van der Waals surface area (Å²) in [5, 5.41) is 17.7. The van der Waals surface area contributed by atoms with Gasteiger partial charge in [0.1, 0.15) is 0 Å². The summed E-state index contributed by atoms with van der Waals surface area (Å²) in [4.78, 5) is 11.4. The lowest BCUT2D eigenvalue weighted by Crippen LogP contribution is -2.21. The highest BCUT2D eigenvalue weighted by Crippen LogP contribution is 2.35. The Morgan fingerprint density at radius 3 is 1.39 bits per heavy atom. The fraction of sp³-hybridized carbons (Fsp3) is 0.150. The van der Waals surface area contributed by atoms with Crippen LogP contribution in [0.2, 0.25) is 10.0 Å². The van der Waals surface area contributed by atoms with Crippen LogP contribution in [-0.4, -0.2) is 36.1 Å². The van der Waals surface area contributed by atoms with Gasteiger partial charge in [-0.05, 0) is 82.9 Å². The van der Waals surface area contributed by atoms with Crippen LogP contribution in [-0.2, 0) is 13.1 Å². The standard InChI is InChI=1S/C40H36Cl2N6S/c41-31-9-11-33-35(15-17-45-37(33)23-31)47-21-19-43-25-27-1-5-29(6-2-27)39-13-14-40(49-39)30-7-3-28(4-8-30)26-44-20-22-48-36-16-18-46-38-24-32(42)10-12-34(36)38/h1-18,23-24,43-44H,19-22,25-26H2,(H,45,47)(H,46,48). The Labute approximate surface area is 300 Å². The Morgan fingerprint density at radius 1 is 0.490 bits per heavy atom.